The van der Waals surface area contributed by atoms with E-state index in [4.69, 9.17) is 0 Å². The lowest BCUT2D eigenvalue weighted by Gasteiger charge is -2.12. The van der Waals surface area contributed by atoms with Crippen LogP contribution in [-0.2, 0) is 5.41 Å². The number of carbonyl (C=O) groups is 1. The molecule has 0 aliphatic heterocycles. The highest BCUT2D eigenvalue weighted by Gasteiger charge is 2.20. The van der Waals surface area contributed by atoms with Crippen molar-refractivity contribution in [1.29, 1.82) is 0 Å². The van der Waals surface area contributed by atoms with Crippen LogP contribution in [0.2, 0.25) is 0 Å². The van der Waals surface area contributed by atoms with Crippen LogP contribution in [0.3, 0.4) is 0 Å². The molecule has 0 spiro atoms. The Morgan fingerprint density at radius 1 is 1.25 bits per heavy atom. The summed E-state index contributed by atoms with van der Waals surface area (Å²) in [7, 11) is 0. The first-order chi connectivity index (χ1) is 9.45. The van der Waals surface area contributed by atoms with Gasteiger partial charge >= 0.3 is 0 Å². The average molecular weight is 298 g/mol. The van der Waals surface area contributed by atoms with Crippen LogP contribution in [0, 0.1) is 0 Å². The Kier molecular flexibility index (Phi) is 7.05. The van der Waals surface area contributed by atoms with Crippen molar-refractivity contribution >= 4 is 17.7 Å². The molecular formula is C14H26N4OS. The van der Waals surface area contributed by atoms with Crippen molar-refractivity contribution in [2.24, 2.45) is 0 Å². The maximum atomic E-state index is 11.9. The second-order valence-corrected chi connectivity index (χ2v) is 6.91. The third kappa shape index (κ3) is 5.94. The first-order valence-electron chi connectivity index (χ1n) is 7.15. The molecule has 0 fully saturated rings. The zero-order valence-corrected chi connectivity index (χ0v) is 13.8. The lowest BCUT2D eigenvalue weighted by Crippen LogP contribution is -2.25. The van der Waals surface area contributed by atoms with E-state index in [9.17, 15) is 4.79 Å². The number of aromatic nitrogens is 3. The molecule has 0 aliphatic carbocycles. The molecule has 1 amide bonds. The Morgan fingerprint density at radius 2 is 1.95 bits per heavy atom. The summed E-state index contributed by atoms with van der Waals surface area (Å²) in [5.41, 5.74) is -0.122. The van der Waals surface area contributed by atoms with E-state index >= 15 is 0 Å². The number of nitrogens with one attached hydrogen (secondary N) is 2. The highest BCUT2D eigenvalue weighted by Crippen LogP contribution is 2.17. The fourth-order valence-electron chi connectivity index (χ4n) is 1.70. The van der Waals surface area contributed by atoms with Crippen molar-refractivity contribution in [3.8, 4) is 0 Å². The van der Waals surface area contributed by atoms with Gasteiger partial charge in [0.2, 0.25) is 5.82 Å². The average Bonchev–Trinajstić information content (AvgIpc) is 2.87. The standard InChI is InChI=1S/C14H26N4OS/c1-14(2,3)13-16-11(17-18-13)12(19)15-9-7-5-6-8-10-20-4/h5-10H2,1-4H3,(H,15,19)(H,16,17,18). The van der Waals surface area contributed by atoms with E-state index < -0.39 is 0 Å². The number of rotatable bonds is 8. The van der Waals surface area contributed by atoms with Gasteiger partial charge in [-0.2, -0.15) is 11.8 Å². The lowest BCUT2D eigenvalue weighted by molar-refractivity contribution is 0.0943. The third-order valence-electron chi connectivity index (χ3n) is 2.96. The fraction of sp³-hybridized carbons (Fsp3) is 0.786. The van der Waals surface area contributed by atoms with Gasteiger partial charge in [-0.25, -0.2) is 4.98 Å². The zero-order chi connectivity index (χ0) is 15.0. The van der Waals surface area contributed by atoms with Crippen molar-refractivity contribution in [2.45, 2.75) is 51.9 Å². The summed E-state index contributed by atoms with van der Waals surface area (Å²) < 4.78 is 0. The molecule has 0 bridgehead atoms. The van der Waals surface area contributed by atoms with Crippen molar-refractivity contribution in [2.75, 3.05) is 18.6 Å². The SMILES string of the molecule is CSCCCCCCNC(=O)c1n[nH]c(C(C)(C)C)n1. The summed E-state index contributed by atoms with van der Waals surface area (Å²) in [6.45, 7) is 6.79. The molecule has 0 saturated carbocycles. The number of H-pyrrole nitrogens is 1. The Hall–Kier alpha value is -1.04. The maximum absolute atomic E-state index is 11.9. The van der Waals surface area contributed by atoms with Crippen LogP contribution in [-0.4, -0.2) is 39.6 Å². The summed E-state index contributed by atoms with van der Waals surface area (Å²) in [6, 6.07) is 0. The monoisotopic (exact) mass is 298 g/mol. The van der Waals surface area contributed by atoms with Crippen molar-refractivity contribution in [3.63, 3.8) is 0 Å². The Balaban J connectivity index is 2.24. The van der Waals surface area contributed by atoms with Gasteiger partial charge in [-0.1, -0.05) is 33.6 Å². The van der Waals surface area contributed by atoms with Crippen molar-refractivity contribution in [1.82, 2.24) is 20.5 Å². The van der Waals surface area contributed by atoms with Crippen LogP contribution >= 0.6 is 11.8 Å². The molecule has 0 aromatic carbocycles. The summed E-state index contributed by atoms with van der Waals surface area (Å²) in [6.07, 6.45) is 6.78. The molecule has 0 saturated heterocycles. The molecule has 1 aromatic rings. The molecule has 1 rings (SSSR count). The van der Waals surface area contributed by atoms with Crippen molar-refractivity contribution in [3.05, 3.63) is 11.6 Å². The van der Waals surface area contributed by atoms with E-state index in [1.807, 2.05) is 32.5 Å². The van der Waals surface area contributed by atoms with Crippen LogP contribution in [0.4, 0.5) is 0 Å². The summed E-state index contributed by atoms with van der Waals surface area (Å²) in [5.74, 6) is 2.00. The molecule has 1 aromatic heterocycles. The summed E-state index contributed by atoms with van der Waals surface area (Å²) >= 11 is 1.88. The van der Waals surface area contributed by atoms with Crippen LogP contribution in [0.5, 0.6) is 0 Å². The number of unbranched alkanes of at least 4 members (excludes halogenated alkanes) is 3. The van der Waals surface area contributed by atoms with Crippen molar-refractivity contribution < 1.29 is 4.79 Å². The molecule has 6 heteroatoms. The molecule has 0 radical (unpaired) electrons. The number of carbonyl (C=O) groups excluding carboxylic acids is 1. The Morgan fingerprint density at radius 3 is 2.55 bits per heavy atom. The van der Waals surface area contributed by atoms with Gasteiger partial charge in [0, 0.05) is 12.0 Å². The molecule has 1 heterocycles. The van der Waals surface area contributed by atoms with E-state index in [-0.39, 0.29) is 17.1 Å². The lowest BCUT2D eigenvalue weighted by atomic mass is 9.96. The first kappa shape index (κ1) is 17.0. The molecule has 5 nitrogen and oxygen atoms in total. The predicted octanol–water partition coefficient (Wildman–Crippen LogP) is 2.76. The van der Waals surface area contributed by atoms with Gasteiger partial charge in [0.05, 0.1) is 0 Å². The van der Waals surface area contributed by atoms with Gasteiger partial charge in [0.15, 0.2) is 0 Å². The molecule has 0 atom stereocenters. The first-order valence-corrected chi connectivity index (χ1v) is 8.54. The summed E-state index contributed by atoms with van der Waals surface area (Å²) in [4.78, 5) is 16.1. The van der Waals surface area contributed by atoms with Gasteiger partial charge in [0.1, 0.15) is 5.82 Å². The predicted molar refractivity (Wildman–Crippen MR) is 84.3 cm³/mol. The minimum Gasteiger partial charge on any atom is -0.349 e. The largest absolute Gasteiger partial charge is 0.349 e. The molecule has 20 heavy (non-hydrogen) atoms. The number of hydrogen-bond donors (Lipinski definition) is 2. The summed E-state index contributed by atoms with van der Waals surface area (Å²) in [5, 5.41) is 9.66. The van der Waals surface area contributed by atoms with E-state index in [1.54, 1.807) is 0 Å². The number of hydrogen-bond acceptors (Lipinski definition) is 4. The minimum atomic E-state index is -0.194. The highest BCUT2D eigenvalue weighted by atomic mass is 32.2. The van der Waals surface area contributed by atoms with Gasteiger partial charge < -0.3 is 5.32 Å². The molecule has 0 aliphatic rings. The van der Waals surface area contributed by atoms with Crippen LogP contribution < -0.4 is 5.32 Å². The third-order valence-corrected chi connectivity index (χ3v) is 3.66. The van der Waals surface area contributed by atoms with Gasteiger partial charge in [-0.05, 0) is 24.9 Å². The molecule has 0 unspecified atom stereocenters. The van der Waals surface area contributed by atoms with Crippen LogP contribution in [0.25, 0.3) is 0 Å². The van der Waals surface area contributed by atoms with Crippen LogP contribution in [0.1, 0.15) is 62.9 Å². The second-order valence-electron chi connectivity index (χ2n) is 5.92. The molecule has 114 valence electrons. The van der Waals surface area contributed by atoms with Gasteiger partial charge in [-0.15, -0.1) is 5.10 Å². The second kappa shape index (κ2) is 8.29. The van der Waals surface area contributed by atoms with Crippen LogP contribution in [0.15, 0.2) is 0 Å². The zero-order valence-electron chi connectivity index (χ0n) is 13.0. The highest BCUT2D eigenvalue weighted by molar-refractivity contribution is 7.98. The van der Waals surface area contributed by atoms with E-state index in [0.717, 1.165) is 18.7 Å². The van der Waals surface area contributed by atoms with Gasteiger partial charge in [-0.3, -0.25) is 9.89 Å². The number of amides is 1. The smallest absolute Gasteiger partial charge is 0.290 e. The Bertz CT molecular complexity index is 412. The Labute approximate surface area is 125 Å². The molecular weight excluding hydrogens is 272 g/mol. The normalized spacial score (nSPS) is 11.6. The molecule has 2 N–H and O–H groups in total. The number of thioether (sulfide) groups is 1. The van der Waals surface area contributed by atoms with E-state index in [0.29, 0.717) is 6.54 Å². The number of nitrogens with zero attached hydrogens (tertiary/aromatic N) is 2. The topological polar surface area (TPSA) is 70.7 Å². The minimum absolute atomic E-state index is 0.122. The quantitative estimate of drug-likeness (QED) is 0.724. The number of aromatic amines is 1. The van der Waals surface area contributed by atoms with E-state index in [2.05, 4.69) is 26.8 Å². The van der Waals surface area contributed by atoms with Gasteiger partial charge in [0.25, 0.3) is 5.91 Å². The maximum Gasteiger partial charge on any atom is 0.290 e. The fourth-order valence-corrected chi connectivity index (χ4v) is 2.20. The van der Waals surface area contributed by atoms with E-state index in [1.165, 1.54) is 18.6 Å².